The number of hydrogen-bond donors (Lipinski definition) is 1. The van der Waals surface area contributed by atoms with Gasteiger partial charge in [-0.2, -0.15) is 20.1 Å². The summed E-state index contributed by atoms with van der Waals surface area (Å²) in [5.41, 5.74) is 2.39. The minimum absolute atomic E-state index is 0.339. The molecule has 29 heavy (non-hydrogen) atoms. The van der Waals surface area contributed by atoms with E-state index in [0.717, 1.165) is 32.5 Å². The van der Waals surface area contributed by atoms with Gasteiger partial charge in [-0.25, -0.2) is 0 Å². The van der Waals surface area contributed by atoms with E-state index in [9.17, 15) is 0 Å². The van der Waals surface area contributed by atoms with Crippen LogP contribution in [0.15, 0.2) is 42.7 Å². The fourth-order valence-corrected chi connectivity index (χ4v) is 3.56. The standard InChI is InChI=1S/C21H27N7O/c1-29-21-25-19(24-20(26-21)27-12-6-2-3-7-13-27)22-15-17-9-4-5-10-18(17)16-28-14-8-11-23-28/h4-5,8-11,14H,2-3,6-7,12-13,15-16H2,1H3,(H,22,24,25,26). The summed E-state index contributed by atoms with van der Waals surface area (Å²) in [4.78, 5) is 15.8. The van der Waals surface area contributed by atoms with E-state index in [1.54, 1.807) is 13.3 Å². The molecular weight excluding hydrogens is 366 g/mol. The first kappa shape index (κ1) is 19.2. The van der Waals surface area contributed by atoms with E-state index in [4.69, 9.17) is 4.74 Å². The molecule has 4 rings (SSSR count). The fraction of sp³-hybridized carbons (Fsp3) is 0.429. The van der Waals surface area contributed by atoms with Gasteiger partial charge < -0.3 is 15.0 Å². The number of anilines is 2. The molecular formula is C21H27N7O. The van der Waals surface area contributed by atoms with Crippen molar-refractivity contribution in [2.75, 3.05) is 30.4 Å². The summed E-state index contributed by atoms with van der Waals surface area (Å²) >= 11 is 0. The molecule has 8 heteroatoms. The molecule has 1 aromatic carbocycles. The highest BCUT2D eigenvalue weighted by Crippen LogP contribution is 2.20. The topological polar surface area (TPSA) is 81.0 Å². The molecule has 1 fully saturated rings. The predicted octanol–water partition coefficient (Wildman–Crippen LogP) is 3.12. The summed E-state index contributed by atoms with van der Waals surface area (Å²) in [5, 5.41) is 7.66. The first-order chi connectivity index (χ1) is 14.3. The lowest BCUT2D eigenvalue weighted by molar-refractivity contribution is 0.378. The van der Waals surface area contributed by atoms with E-state index in [1.807, 2.05) is 29.1 Å². The Morgan fingerprint density at radius 1 is 0.966 bits per heavy atom. The smallest absolute Gasteiger partial charge is 0.322 e. The zero-order valence-corrected chi connectivity index (χ0v) is 16.8. The minimum Gasteiger partial charge on any atom is -0.467 e. The first-order valence-corrected chi connectivity index (χ1v) is 10.1. The molecule has 2 aromatic heterocycles. The van der Waals surface area contributed by atoms with E-state index in [1.165, 1.54) is 24.0 Å². The maximum atomic E-state index is 5.32. The van der Waals surface area contributed by atoms with Crippen molar-refractivity contribution < 1.29 is 4.74 Å². The second-order valence-electron chi connectivity index (χ2n) is 7.17. The number of rotatable bonds is 7. The van der Waals surface area contributed by atoms with Crippen molar-refractivity contribution in [2.45, 2.75) is 38.8 Å². The lowest BCUT2D eigenvalue weighted by atomic mass is 10.1. The molecule has 1 saturated heterocycles. The van der Waals surface area contributed by atoms with Gasteiger partial charge in [0.2, 0.25) is 11.9 Å². The molecule has 1 aliphatic rings. The largest absolute Gasteiger partial charge is 0.467 e. The van der Waals surface area contributed by atoms with Crippen LogP contribution < -0.4 is 15.0 Å². The average Bonchev–Trinajstić information content (AvgIpc) is 3.11. The third-order valence-corrected chi connectivity index (χ3v) is 5.12. The van der Waals surface area contributed by atoms with Crippen molar-refractivity contribution in [3.8, 4) is 6.01 Å². The second kappa shape index (κ2) is 9.36. The fourth-order valence-electron chi connectivity index (χ4n) is 3.56. The Morgan fingerprint density at radius 2 is 1.76 bits per heavy atom. The Labute approximate surface area is 171 Å². The highest BCUT2D eigenvalue weighted by Gasteiger charge is 2.16. The van der Waals surface area contributed by atoms with Crippen LogP contribution in [0.2, 0.25) is 0 Å². The van der Waals surface area contributed by atoms with Crippen LogP contribution in [-0.4, -0.2) is 44.9 Å². The molecule has 1 N–H and O–H groups in total. The van der Waals surface area contributed by atoms with Gasteiger partial charge in [0.25, 0.3) is 0 Å². The van der Waals surface area contributed by atoms with Gasteiger partial charge in [-0.05, 0) is 30.0 Å². The Kier molecular flexibility index (Phi) is 6.19. The van der Waals surface area contributed by atoms with Crippen molar-refractivity contribution >= 4 is 11.9 Å². The number of hydrogen-bond acceptors (Lipinski definition) is 7. The molecule has 0 bridgehead atoms. The molecule has 1 aliphatic heterocycles. The molecule has 0 radical (unpaired) electrons. The number of methoxy groups -OCH3 is 1. The summed E-state index contributed by atoms with van der Waals surface area (Å²) in [6.45, 7) is 3.28. The summed E-state index contributed by atoms with van der Waals surface area (Å²) in [6, 6.07) is 10.6. The molecule has 8 nitrogen and oxygen atoms in total. The molecule has 0 saturated carbocycles. The normalized spacial score (nSPS) is 14.4. The van der Waals surface area contributed by atoms with Crippen LogP contribution in [0.3, 0.4) is 0 Å². The van der Waals surface area contributed by atoms with Crippen LogP contribution in [0.4, 0.5) is 11.9 Å². The predicted molar refractivity (Wildman–Crippen MR) is 112 cm³/mol. The number of aromatic nitrogens is 5. The van der Waals surface area contributed by atoms with Gasteiger partial charge in [0.15, 0.2) is 0 Å². The Balaban J connectivity index is 1.50. The van der Waals surface area contributed by atoms with Gasteiger partial charge in [0, 0.05) is 32.0 Å². The van der Waals surface area contributed by atoms with Crippen LogP contribution in [0, 0.1) is 0 Å². The third kappa shape index (κ3) is 5.01. The molecule has 0 atom stereocenters. The molecule has 0 unspecified atom stereocenters. The van der Waals surface area contributed by atoms with Crippen molar-refractivity contribution in [1.82, 2.24) is 24.7 Å². The van der Waals surface area contributed by atoms with E-state index in [0.29, 0.717) is 24.5 Å². The van der Waals surface area contributed by atoms with Crippen LogP contribution in [0.1, 0.15) is 36.8 Å². The number of benzene rings is 1. The number of nitrogens with zero attached hydrogens (tertiary/aromatic N) is 6. The first-order valence-electron chi connectivity index (χ1n) is 10.1. The van der Waals surface area contributed by atoms with Crippen LogP contribution in [0.25, 0.3) is 0 Å². The van der Waals surface area contributed by atoms with E-state index in [-0.39, 0.29) is 0 Å². The zero-order chi connectivity index (χ0) is 19.9. The molecule has 0 spiro atoms. The maximum absolute atomic E-state index is 5.32. The average molecular weight is 393 g/mol. The highest BCUT2D eigenvalue weighted by atomic mass is 16.5. The molecule has 0 amide bonds. The van der Waals surface area contributed by atoms with Crippen molar-refractivity contribution in [2.24, 2.45) is 0 Å². The zero-order valence-electron chi connectivity index (χ0n) is 16.8. The summed E-state index contributed by atoms with van der Waals surface area (Å²) < 4.78 is 7.24. The molecule has 3 aromatic rings. The number of ether oxygens (including phenoxy) is 1. The maximum Gasteiger partial charge on any atom is 0.322 e. The van der Waals surface area contributed by atoms with Crippen LogP contribution >= 0.6 is 0 Å². The van der Waals surface area contributed by atoms with Crippen molar-refractivity contribution in [1.29, 1.82) is 0 Å². The minimum atomic E-state index is 0.339. The van der Waals surface area contributed by atoms with Gasteiger partial charge in [-0.15, -0.1) is 0 Å². The third-order valence-electron chi connectivity index (χ3n) is 5.12. The molecule has 152 valence electrons. The van der Waals surface area contributed by atoms with Gasteiger partial charge in [-0.1, -0.05) is 37.1 Å². The Hall–Kier alpha value is -3.16. The second-order valence-corrected chi connectivity index (χ2v) is 7.17. The van der Waals surface area contributed by atoms with E-state index < -0.39 is 0 Å². The van der Waals surface area contributed by atoms with Gasteiger partial charge in [-0.3, -0.25) is 4.68 Å². The summed E-state index contributed by atoms with van der Waals surface area (Å²) in [7, 11) is 1.59. The van der Waals surface area contributed by atoms with E-state index >= 15 is 0 Å². The number of nitrogens with one attached hydrogen (secondary N) is 1. The molecule has 0 aliphatic carbocycles. The summed E-state index contributed by atoms with van der Waals surface area (Å²) in [6.07, 6.45) is 8.61. The Bertz CT molecular complexity index is 905. The van der Waals surface area contributed by atoms with Gasteiger partial charge >= 0.3 is 6.01 Å². The highest BCUT2D eigenvalue weighted by molar-refractivity contribution is 5.40. The van der Waals surface area contributed by atoms with Gasteiger partial charge in [0.1, 0.15) is 0 Å². The Morgan fingerprint density at radius 3 is 2.48 bits per heavy atom. The molecule has 3 heterocycles. The SMILES string of the molecule is COc1nc(NCc2ccccc2Cn2cccn2)nc(N2CCCCCC2)n1. The van der Waals surface area contributed by atoms with Crippen molar-refractivity contribution in [3.63, 3.8) is 0 Å². The van der Waals surface area contributed by atoms with Crippen LogP contribution in [0.5, 0.6) is 6.01 Å². The lowest BCUT2D eigenvalue weighted by Gasteiger charge is -2.21. The monoisotopic (exact) mass is 393 g/mol. The summed E-state index contributed by atoms with van der Waals surface area (Å²) in [5.74, 6) is 1.22. The lowest BCUT2D eigenvalue weighted by Crippen LogP contribution is -2.26. The quantitative estimate of drug-likeness (QED) is 0.660. The van der Waals surface area contributed by atoms with Crippen LogP contribution in [-0.2, 0) is 13.1 Å². The van der Waals surface area contributed by atoms with E-state index in [2.05, 4.69) is 42.4 Å². The van der Waals surface area contributed by atoms with Crippen molar-refractivity contribution in [3.05, 3.63) is 53.9 Å². The van der Waals surface area contributed by atoms with Gasteiger partial charge in [0.05, 0.1) is 13.7 Å².